The molecule has 3 heterocycles. The Morgan fingerprint density at radius 3 is 2.82 bits per heavy atom. The molecule has 3 aromatic rings. The van der Waals surface area contributed by atoms with Gasteiger partial charge in [0, 0.05) is 41.4 Å². The molecule has 3 N–H and O–H groups in total. The van der Waals surface area contributed by atoms with Gasteiger partial charge in [0.1, 0.15) is 5.75 Å². The lowest BCUT2D eigenvalue weighted by Crippen LogP contribution is -2.19. The van der Waals surface area contributed by atoms with Crippen LogP contribution in [0, 0.1) is 5.82 Å². The Kier molecular flexibility index (Phi) is 5.60. The summed E-state index contributed by atoms with van der Waals surface area (Å²) < 4.78 is 47.3. The first kappa shape index (κ1) is 22.8. The van der Waals surface area contributed by atoms with E-state index >= 15 is 0 Å². The number of fused-ring (bicyclic) bond motifs is 1. The molecule has 0 amide bonds. The highest BCUT2D eigenvalue weighted by Gasteiger charge is 2.32. The Hall–Kier alpha value is -2.98. The van der Waals surface area contributed by atoms with Gasteiger partial charge in [0.2, 0.25) is 10.0 Å². The zero-order valence-corrected chi connectivity index (χ0v) is 20.2. The maximum absolute atomic E-state index is 14.9. The van der Waals surface area contributed by atoms with Crippen molar-refractivity contribution in [3.05, 3.63) is 59.3 Å². The van der Waals surface area contributed by atoms with Crippen LogP contribution >= 0.6 is 0 Å². The summed E-state index contributed by atoms with van der Waals surface area (Å²) in [5.41, 5.74) is 2.13. The lowest BCUT2D eigenvalue weighted by molar-refractivity contribution is 0.202. The number of aromatic nitrogens is 3. The van der Waals surface area contributed by atoms with Crippen LogP contribution in [0.4, 0.5) is 15.9 Å². The van der Waals surface area contributed by atoms with E-state index in [1.54, 1.807) is 6.20 Å². The van der Waals surface area contributed by atoms with Crippen molar-refractivity contribution in [2.24, 2.45) is 0 Å². The van der Waals surface area contributed by atoms with Crippen LogP contribution in [0.15, 0.2) is 41.4 Å². The molecular formula is C24H28FN5O3S. The molecule has 1 aliphatic heterocycles. The summed E-state index contributed by atoms with van der Waals surface area (Å²) in [4.78, 5) is 4.52. The molecule has 0 saturated heterocycles. The Morgan fingerprint density at radius 1 is 1.21 bits per heavy atom. The van der Waals surface area contributed by atoms with Crippen molar-refractivity contribution in [1.29, 1.82) is 0 Å². The molecule has 34 heavy (non-hydrogen) atoms. The van der Waals surface area contributed by atoms with Crippen LogP contribution in [0.5, 0.6) is 5.75 Å². The van der Waals surface area contributed by atoms with Crippen molar-refractivity contribution in [2.45, 2.75) is 68.9 Å². The first-order chi connectivity index (χ1) is 16.1. The van der Waals surface area contributed by atoms with E-state index in [4.69, 9.17) is 4.74 Å². The minimum Gasteiger partial charge on any atom is -0.488 e. The Bertz CT molecular complexity index is 1330. The number of nitrogens with one attached hydrogen (secondary N) is 3. The van der Waals surface area contributed by atoms with E-state index in [1.165, 1.54) is 12.1 Å². The van der Waals surface area contributed by atoms with Crippen molar-refractivity contribution in [3.63, 3.8) is 0 Å². The van der Waals surface area contributed by atoms with Crippen LogP contribution in [-0.4, -0.2) is 29.7 Å². The molecule has 1 fully saturated rings. The van der Waals surface area contributed by atoms with Gasteiger partial charge in [-0.05, 0) is 43.5 Å². The molecule has 2 atom stereocenters. The maximum Gasteiger partial charge on any atom is 0.241 e. The molecule has 1 aromatic carbocycles. The summed E-state index contributed by atoms with van der Waals surface area (Å²) >= 11 is 0. The fourth-order valence-corrected chi connectivity index (χ4v) is 5.89. The number of anilines is 2. The van der Waals surface area contributed by atoms with Crippen molar-refractivity contribution in [3.8, 4) is 5.75 Å². The molecule has 8 nitrogen and oxygen atoms in total. The second-order valence-electron chi connectivity index (χ2n) is 9.91. The average molecular weight is 486 g/mol. The van der Waals surface area contributed by atoms with Crippen LogP contribution in [-0.2, 0) is 22.0 Å². The van der Waals surface area contributed by atoms with Crippen molar-refractivity contribution in [2.75, 3.05) is 5.32 Å². The van der Waals surface area contributed by atoms with Crippen LogP contribution in [0.2, 0.25) is 0 Å². The monoisotopic (exact) mass is 485 g/mol. The molecule has 1 saturated carbocycles. The summed E-state index contributed by atoms with van der Waals surface area (Å²) in [5, 5.41) is 10.3. The van der Waals surface area contributed by atoms with Gasteiger partial charge < -0.3 is 10.1 Å². The maximum atomic E-state index is 14.9. The van der Waals surface area contributed by atoms with Crippen molar-refractivity contribution >= 4 is 21.5 Å². The van der Waals surface area contributed by atoms with E-state index in [0.29, 0.717) is 5.82 Å². The van der Waals surface area contributed by atoms with Gasteiger partial charge >= 0.3 is 0 Å². The lowest BCUT2D eigenvalue weighted by atomic mass is 9.91. The molecule has 180 valence electrons. The predicted octanol–water partition coefficient (Wildman–Crippen LogP) is 4.49. The highest BCUT2D eigenvalue weighted by Crippen LogP contribution is 2.39. The second kappa shape index (κ2) is 8.35. The van der Waals surface area contributed by atoms with Crippen LogP contribution < -0.4 is 14.8 Å². The van der Waals surface area contributed by atoms with Gasteiger partial charge in [-0.3, -0.25) is 10.1 Å². The molecule has 1 aliphatic carbocycles. The van der Waals surface area contributed by atoms with Crippen molar-refractivity contribution in [1.82, 2.24) is 19.9 Å². The summed E-state index contributed by atoms with van der Waals surface area (Å²) in [6.45, 7) is 6.32. The summed E-state index contributed by atoms with van der Waals surface area (Å²) in [6, 6.07) is 8.58. The normalized spacial score (nSPS) is 21.4. The first-order valence-electron chi connectivity index (χ1n) is 11.4. The number of H-pyrrole nitrogens is 1. The van der Waals surface area contributed by atoms with E-state index in [9.17, 15) is 12.8 Å². The highest BCUT2D eigenvalue weighted by molar-refractivity contribution is 7.89. The van der Waals surface area contributed by atoms with E-state index in [2.05, 4.69) is 46.0 Å². The molecule has 10 heteroatoms. The number of halogens is 1. The number of hydrogen-bond donors (Lipinski definition) is 3. The Morgan fingerprint density at radius 2 is 2.03 bits per heavy atom. The molecule has 2 aromatic heterocycles. The van der Waals surface area contributed by atoms with E-state index in [1.807, 2.05) is 18.2 Å². The highest BCUT2D eigenvalue weighted by atomic mass is 32.2. The standard InChI is InChI=1S/C24H28FN5O3S/c1-24(2,3)23-19(5-4-10-26-23)33-15-7-6-14(11-15)18-12-21(30-29-18)28-17-8-9-20-16(22(17)25)13-27-34(20,31)32/h4-5,8-10,12,14-15,27H,6-7,11,13H2,1-3H3,(H2,28,29,30)/t14-,15+/m0/s1. The van der Waals surface area contributed by atoms with Gasteiger partial charge in [-0.2, -0.15) is 5.10 Å². The summed E-state index contributed by atoms with van der Waals surface area (Å²) in [6.07, 6.45) is 4.60. The van der Waals surface area contributed by atoms with Crippen LogP contribution in [0.3, 0.4) is 0 Å². The SMILES string of the molecule is CC(C)(C)c1ncccc1O[C@@H]1CC[C@H](c2cc(Nc3ccc4c(c3F)CNS4(=O)=O)n[nH]2)C1. The molecule has 2 aliphatic rings. The number of hydrogen-bond acceptors (Lipinski definition) is 6. The number of nitrogens with zero attached hydrogens (tertiary/aromatic N) is 2. The first-order valence-corrected chi connectivity index (χ1v) is 12.9. The molecule has 0 spiro atoms. The molecule has 5 rings (SSSR count). The average Bonchev–Trinajstić information content (AvgIpc) is 3.49. The quantitative estimate of drug-likeness (QED) is 0.491. The lowest BCUT2D eigenvalue weighted by Gasteiger charge is -2.23. The number of rotatable bonds is 5. The third-order valence-corrected chi connectivity index (χ3v) is 7.87. The third-order valence-electron chi connectivity index (χ3n) is 6.39. The summed E-state index contributed by atoms with van der Waals surface area (Å²) in [5.74, 6) is 0.976. The van der Waals surface area contributed by atoms with Crippen LogP contribution in [0.25, 0.3) is 0 Å². The molecule has 0 unspecified atom stereocenters. The topological polar surface area (TPSA) is 109 Å². The third kappa shape index (κ3) is 4.27. The minimum atomic E-state index is -3.62. The largest absolute Gasteiger partial charge is 0.488 e. The fourth-order valence-electron chi connectivity index (χ4n) is 4.67. The van der Waals surface area contributed by atoms with Gasteiger partial charge in [0.15, 0.2) is 11.6 Å². The molecule has 0 radical (unpaired) electrons. The number of ether oxygens (including phenoxy) is 1. The van der Waals surface area contributed by atoms with Gasteiger partial charge in [-0.25, -0.2) is 17.5 Å². The minimum absolute atomic E-state index is 0.0153. The molecule has 0 bridgehead atoms. The predicted molar refractivity (Wildman–Crippen MR) is 126 cm³/mol. The van der Waals surface area contributed by atoms with Gasteiger partial charge in [-0.15, -0.1) is 0 Å². The zero-order valence-electron chi connectivity index (χ0n) is 19.4. The van der Waals surface area contributed by atoms with E-state index < -0.39 is 15.8 Å². The number of sulfonamides is 1. The fraction of sp³-hybridized carbons (Fsp3) is 0.417. The van der Waals surface area contributed by atoms with Crippen molar-refractivity contribution < 1.29 is 17.5 Å². The molecular weight excluding hydrogens is 457 g/mol. The van der Waals surface area contributed by atoms with Gasteiger partial charge in [0.25, 0.3) is 0 Å². The smallest absolute Gasteiger partial charge is 0.241 e. The van der Waals surface area contributed by atoms with Gasteiger partial charge in [0.05, 0.1) is 22.4 Å². The van der Waals surface area contributed by atoms with Gasteiger partial charge in [-0.1, -0.05) is 20.8 Å². The Labute approximate surface area is 198 Å². The summed E-state index contributed by atoms with van der Waals surface area (Å²) in [7, 11) is -3.62. The number of benzene rings is 1. The second-order valence-corrected chi connectivity index (χ2v) is 11.6. The number of aromatic amines is 1. The zero-order chi connectivity index (χ0) is 24.1. The van der Waals surface area contributed by atoms with Crippen LogP contribution in [0.1, 0.15) is 62.9 Å². The number of pyridine rings is 1. The Balaban J connectivity index is 1.26. The van der Waals surface area contributed by atoms with E-state index in [-0.39, 0.29) is 40.1 Å². The van der Waals surface area contributed by atoms with E-state index in [0.717, 1.165) is 36.4 Å².